The van der Waals surface area contributed by atoms with Crippen molar-refractivity contribution in [3.8, 4) is 0 Å². The van der Waals surface area contributed by atoms with Gasteiger partial charge in [0, 0.05) is 6.20 Å². The van der Waals surface area contributed by atoms with Gasteiger partial charge in [-0.15, -0.1) is 0 Å². The van der Waals surface area contributed by atoms with E-state index in [1.807, 2.05) is 0 Å². The van der Waals surface area contributed by atoms with E-state index in [-0.39, 0.29) is 18.1 Å². The molecule has 1 aromatic heterocycles. The van der Waals surface area contributed by atoms with Gasteiger partial charge >= 0.3 is 12.3 Å². The lowest BCUT2D eigenvalue weighted by molar-refractivity contribution is -0.138. The average molecular weight is 352 g/mol. The average Bonchev–Trinajstić information content (AvgIpc) is 3.00. The summed E-state index contributed by atoms with van der Waals surface area (Å²) in [5.41, 5.74) is -0.626. The number of nitrogens with zero attached hydrogens (tertiary/aromatic N) is 3. The number of carbonyl (C=O) groups is 1. The maximum absolute atomic E-state index is 13.1. The summed E-state index contributed by atoms with van der Waals surface area (Å²) in [6.45, 7) is 2.22. The third kappa shape index (κ3) is 3.65. The Kier molecular flexibility index (Phi) is 4.47. The van der Waals surface area contributed by atoms with Crippen molar-refractivity contribution in [1.82, 2.24) is 9.97 Å². The Morgan fingerprint density at radius 1 is 1.28 bits per heavy atom. The molecule has 1 aliphatic heterocycles. The number of nitrogens with one attached hydrogen (secondary N) is 1. The Labute approximate surface area is 141 Å². The van der Waals surface area contributed by atoms with Gasteiger partial charge in [-0.1, -0.05) is 18.2 Å². The monoisotopic (exact) mass is 352 g/mol. The quantitative estimate of drug-likeness (QED) is 0.910. The fourth-order valence-corrected chi connectivity index (χ4v) is 2.57. The van der Waals surface area contributed by atoms with Crippen LogP contribution in [-0.4, -0.2) is 29.2 Å². The van der Waals surface area contributed by atoms with E-state index < -0.39 is 23.9 Å². The maximum atomic E-state index is 13.1. The van der Waals surface area contributed by atoms with Crippen LogP contribution in [0.2, 0.25) is 0 Å². The zero-order valence-corrected chi connectivity index (χ0v) is 13.2. The summed E-state index contributed by atoms with van der Waals surface area (Å²) in [5, 5.41) is 2.85. The van der Waals surface area contributed by atoms with Gasteiger partial charge in [0.15, 0.2) is 0 Å². The molecule has 1 fully saturated rings. The number of anilines is 2. The Bertz CT molecular complexity index is 782. The number of cyclic esters (lactones) is 1. The second kappa shape index (κ2) is 6.58. The van der Waals surface area contributed by atoms with E-state index in [0.29, 0.717) is 12.4 Å². The molecule has 1 atom stereocenters. The number of rotatable bonds is 4. The number of hydrogen-bond donors (Lipinski definition) is 1. The van der Waals surface area contributed by atoms with E-state index in [0.717, 1.165) is 6.07 Å². The van der Waals surface area contributed by atoms with Crippen molar-refractivity contribution in [3.05, 3.63) is 47.7 Å². The van der Waals surface area contributed by atoms with Crippen molar-refractivity contribution in [2.75, 3.05) is 23.4 Å². The molecule has 132 valence electrons. The van der Waals surface area contributed by atoms with Gasteiger partial charge in [-0.25, -0.2) is 9.78 Å². The third-order valence-electron chi connectivity index (χ3n) is 3.76. The summed E-state index contributed by atoms with van der Waals surface area (Å²) in [4.78, 5) is 21.1. The molecule has 0 radical (unpaired) electrons. The van der Waals surface area contributed by atoms with Crippen molar-refractivity contribution in [2.45, 2.75) is 19.1 Å². The topological polar surface area (TPSA) is 67.3 Å². The van der Waals surface area contributed by atoms with Gasteiger partial charge in [0.25, 0.3) is 0 Å². The second-order valence-electron chi connectivity index (χ2n) is 5.46. The number of amides is 1. The summed E-state index contributed by atoms with van der Waals surface area (Å²) in [6.07, 6.45) is -3.53. The molecule has 6 nitrogen and oxygen atoms in total. The molecule has 2 heterocycles. The molecule has 25 heavy (non-hydrogen) atoms. The minimum atomic E-state index is -4.45. The summed E-state index contributed by atoms with van der Waals surface area (Å²) in [7, 11) is 0. The lowest BCUT2D eigenvalue weighted by atomic mass is 10.0. The number of ether oxygens (including phenoxy) is 1. The number of hydrogen-bond acceptors (Lipinski definition) is 5. The Balaban J connectivity index is 1.83. The number of aromatic nitrogens is 2. The maximum Gasteiger partial charge on any atom is 0.416 e. The fraction of sp³-hybridized carbons (Fsp3) is 0.312. The third-order valence-corrected chi connectivity index (χ3v) is 3.76. The van der Waals surface area contributed by atoms with E-state index >= 15 is 0 Å². The molecule has 9 heteroatoms. The molecule has 0 unspecified atom stereocenters. The van der Waals surface area contributed by atoms with Crippen LogP contribution in [-0.2, 0) is 10.9 Å². The molecular weight excluding hydrogens is 337 g/mol. The van der Waals surface area contributed by atoms with E-state index in [9.17, 15) is 18.0 Å². The molecule has 0 bridgehead atoms. The molecule has 1 amide bonds. The second-order valence-corrected chi connectivity index (χ2v) is 5.46. The fourth-order valence-electron chi connectivity index (χ4n) is 2.57. The Morgan fingerprint density at radius 2 is 2.04 bits per heavy atom. The molecule has 3 rings (SSSR count). The van der Waals surface area contributed by atoms with Crippen molar-refractivity contribution in [3.63, 3.8) is 0 Å². The van der Waals surface area contributed by atoms with Crippen LogP contribution in [0.1, 0.15) is 24.1 Å². The predicted octanol–water partition coefficient (Wildman–Crippen LogP) is 3.63. The highest BCUT2D eigenvalue weighted by Crippen LogP contribution is 2.35. The molecule has 1 N–H and O–H groups in total. The molecule has 0 aliphatic carbocycles. The van der Waals surface area contributed by atoms with E-state index in [2.05, 4.69) is 15.3 Å². The SMILES string of the molecule is C[C@@H](Nc1nccc(N2CCOC2=O)n1)c1ccccc1C(F)(F)F. The summed E-state index contributed by atoms with van der Waals surface area (Å²) in [5.74, 6) is 0.456. The first-order valence-corrected chi connectivity index (χ1v) is 7.56. The van der Waals surface area contributed by atoms with Gasteiger partial charge in [0.1, 0.15) is 12.4 Å². The first-order chi connectivity index (χ1) is 11.9. The Hall–Kier alpha value is -2.84. The van der Waals surface area contributed by atoms with E-state index in [1.165, 1.54) is 29.3 Å². The van der Waals surface area contributed by atoms with Crippen LogP contribution >= 0.6 is 0 Å². The summed E-state index contributed by atoms with van der Waals surface area (Å²) >= 11 is 0. The highest BCUT2D eigenvalue weighted by atomic mass is 19.4. The number of carbonyl (C=O) groups excluding carboxylic acids is 1. The zero-order chi connectivity index (χ0) is 18.0. The first-order valence-electron chi connectivity index (χ1n) is 7.56. The van der Waals surface area contributed by atoms with Crippen molar-refractivity contribution in [2.24, 2.45) is 0 Å². The number of halogens is 3. The van der Waals surface area contributed by atoms with Crippen LogP contribution in [0.3, 0.4) is 0 Å². The largest absolute Gasteiger partial charge is 0.447 e. The van der Waals surface area contributed by atoms with Crippen LogP contribution in [0, 0.1) is 0 Å². The van der Waals surface area contributed by atoms with Gasteiger partial charge in [-0.2, -0.15) is 18.2 Å². The molecular formula is C16H15F3N4O2. The zero-order valence-electron chi connectivity index (χ0n) is 13.2. The molecule has 1 aliphatic rings. The van der Waals surface area contributed by atoms with Crippen LogP contribution in [0.15, 0.2) is 36.5 Å². The van der Waals surface area contributed by atoms with E-state index in [4.69, 9.17) is 4.74 Å². The van der Waals surface area contributed by atoms with Gasteiger partial charge in [0.05, 0.1) is 18.2 Å². The van der Waals surface area contributed by atoms with Gasteiger partial charge in [-0.3, -0.25) is 4.90 Å². The molecule has 0 spiro atoms. The molecule has 1 aromatic carbocycles. The minimum absolute atomic E-state index is 0.0876. The highest BCUT2D eigenvalue weighted by molar-refractivity contribution is 5.88. The van der Waals surface area contributed by atoms with Crippen LogP contribution in [0.25, 0.3) is 0 Å². The van der Waals surface area contributed by atoms with Crippen LogP contribution < -0.4 is 10.2 Å². The van der Waals surface area contributed by atoms with Crippen molar-refractivity contribution >= 4 is 17.9 Å². The van der Waals surface area contributed by atoms with Gasteiger partial charge < -0.3 is 10.1 Å². The predicted molar refractivity (Wildman–Crippen MR) is 84.2 cm³/mol. The first kappa shape index (κ1) is 17.0. The molecule has 0 saturated carbocycles. The smallest absolute Gasteiger partial charge is 0.416 e. The van der Waals surface area contributed by atoms with Crippen molar-refractivity contribution in [1.29, 1.82) is 0 Å². The lowest BCUT2D eigenvalue weighted by Crippen LogP contribution is -2.25. The Morgan fingerprint density at radius 3 is 2.72 bits per heavy atom. The number of alkyl halides is 3. The highest BCUT2D eigenvalue weighted by Gasteiger charge is 2.34. The van der Waals surface area contributed by atoms with Crippen LogP contribution in [0.5, 0.6) is 0 Å². The minimum Gasteiger partial charge on any atom is -0.447 e. The number of benzene rings is 1. The van der Waals surface area contributed by atoms with E-state index in [1.54, 1.807) is 13.0 Å². The molecule has 1 saturated heterocycles. The normalized spacial score (nSPS) is 15.8. The standard InChI is InChI=1S/C16H15F3N4O2/c1-10(11-4-2-3-5-12(11)16(17,18)19)21-14-20-7-6-13(22-14)23-8-9-25-15(23)24/h2-7,10H,8-9H2,1H3,(H,20,21,22)/t10-/m1/s1. The van der Waals surface area contributed by atoms with Crippen molar-refractivity contribution < 1.29 is 22.7 Å². The van der Waals surface area contributed by atoms with Gasteiger partial charge in [-0.05, 0) is 24.6 Å². The molecule has 2 aromatic rings. The lowest BCUT2D eigenvalue weighted by Gasteiger charge is -2.20. The summed E-state index contributed by atoms with van der Waals surface area (Å²) < 4.78 is 44.3. The van der Waals surface area contributed by atoms with Gasteiger partial charge in [0.2, 0.25) is 5.95 Å². The summed E-state index contributed by atoms with van der Waals surface area (Å²) in [6, 6.07) is 6.17. The van der Waals surface area contributed by atoms with Crippen LogP contribution in [0.4, 0.5) is 29.7 Å².